The minimum absolute atomic E-state index is 0.0674. The van der Waals surface area contributed by atoms with Crippen LogP contribution in [0.25, 0.3) is 0 Å². The molecule has 0 spiro atoms. The molecule has 0 unspecified atom stereocenters. The second kappa shape index (κ2) is 8.14. The van der Waals surface area contributed by atoms with Gasteiger partial charge in [0.15, 0.2) is 0 Å². The molecule has 4 nitrogen and oxygen atoms in total. The van der Waals surface area contributed by atoms with Crippen LogP contribution in [0.1, 0.15) is 61.3 Å². The van der Waals surface area contributed by atoms with E-state index in [1.807, 2.05) is 0 Å². The molecular formula is C19H28O4. The first-order chi connectivity index (χ1) is 10.7. The second-order valence-corrected chi connectivity index (χ2v) is 6.88. The Hall–Kier alpha value is -1.84. The molecule has 0 amide bonds. The van der Waals surface area contributed by atoms with Gasteiger partial charge in [-0.3, -0.25) is 4.79 Å². The van der Waals surface area contributed by atoms with E-state index in [2.05, 4.69) is 39.8 Å². The van der Waals surface area contributed by atoms with Gasteiger partial charge in [-0.25, -0.2) is 4.79 Å². The van der Waals surface area contributed by atoms with Gasteiger partial charge < -0.3 is 10.2 Å². The average Bonchev–Trinajstić information content (AvgIpc) is 2.42. The van der Waals surface area contributed by atoms with Crippen molar-refractivity contribution in [2.45, 2.75) is 66.2 Å². The van der Waals surface area contributed by atoms with Crippen molar-refractivity contribution in [2.24, 2.45) is 5.41 Å². The molecule has 0 aromatic heterocycles. The van der Waals surface area contributed by atoms with Crippen LogP contribution in [-0.4, -0.2) is 22.2 Å². The number of Topliss-reactive ketones (excluding diaryl/α,β-unsaturated/α-hetero) is 1. The highest BCUT2D eigenvalue weighted by molar-refractivity contribution is 5.87. The predicted octanol–water partition coefficient (Wildman–Crippen LogP) is 4.92. The van der Waals surface area contributed by atoms with Crippen molar-refractivity contribution < 1.29 is 19.8 Å². The van der Waals surface area contributed by atoms with E-state index in [-0.39, 0.29) is 5.41 Å². The normalized spacial score (nSPS) is 16.2. The van der Waals surface area contributed by atoms with E-state index in [0.717, 1.165) is 12.8 Å². The van der Waals surface area contributed by atoms with Crippen molar-refractivity contribution in [1.29, 1.82) is 0 Å². The number of carbonyl (C=O) groups excluding carboxylic acids is 1. The van der Waals surface area contributed by atoms with Gasteiger partial charge in [0.05, 0.1) is 0 Å². The zero-order valence-electron chi connectivity index (χ0n) is 14.6. The Labute approximate surface area is 138 Å². The van der Waals surface area contributed by atoms with E-state index in [4.69, 9.17) is 15.0 Å². The summed E-state index contributed by atoms with van der Waals surface area (Å²) in [5.74, 6) is 0.447. The number of hydrogen-bond acceptors (Lipinski definition) is 2. The van der Waals surface area contributed by atoms with Crippen molar-refractivity contribution in [3.63, 3.8) is 0 Å². The van der Waals surface area contributed by atoms with Crippen LogP contribution in [0.5, 0.6) is 0 Å². The average molecular weight is 320 g/mol. The first-order valence-electron chi connectivity index (χ1n) is 8.17. The Bertz CT molecular complexity index is 542. The fourth-order valence-corrected chi connectivity index (χ4v) is 3.47. The fourth-order valence-electron chi connectivity index (χ4n) is 3.47. The molecule has 0 radical (unpaired) electrons. The summed E-state index contributed by atoms with van der Waals surface area (Å²) < 4.78 is 0. The van der Waals surface area contributed by atoms with Gasteiger partial charge in [0.25, 0.3) is 0 Å². The van der Waals surface area contributed by atoms with Crippen LogP contribution < -0.4 is 0 Å². The van der Waals surface area contributed by atoms with E-state index in [0.29, 0.717) is 12.2 Å². The molecule has 1 saturated carbocycles. The lowest BCUT2D eigenvalue weighted by Gasteiger charge is -2.32. The molecule has 1 fully saturated rings. The molecule has 0 bridgehead atoms. The summed E-state index contributed by atoms with van der Waals surface area (Å²) >= 11 is 0. The van der Waals surface area contributed by atoms with Crippen LogP contribution in [0.15, 0.2) is 12.1 Å². The summed E-state index contributed by atoms with van der Waals surface area (Å²) in [5.41, 5.74) is 5.01. The molecule has 4 heteroatoms. The summed E-state index contributed by atoms with van der Waals surface area (Å²) in [5, 5.41) is 13.9. The summed E-state index contributed by atoms with van der Waals surface area (Å²) in [7, 11) is 0. The topological polar surface area (TPSA) is 74.6 Å². The number of carbonyl (C=O) groups is 2. The molecule has 2 N–H and O–H groups in total. The first kappa shape index (κ1) is 19.2. The molecule has 23 heavy (non-hydrogen) atoms. The summed E-state index contributed by atoms with van der Waals surface area (Å²) in [6.07, 6.45) is 4.67. The highest BCUT2D eigenvalue weighted by Crippen LogP contribution is 2.37. The van der Waals surface area contributed by atoms with E-state index >= 15 is 0 Å². The van der Waals surface area contributed by atoms with E-state index < -0.39 is 6.16 Å². The van der Waals surface area contributed by atoms with Crippen LogP contribution in [-0.2, 0) is 11.2 Å². The highest BCUT2D eigenvalue weighted by atomic mass is 16.6. The van der Waals surface area contributed by atoms with Crippen LogP contribution in [0.2, 0.25) is 0 Å². The largest absolute Gasteiger partial charge is 0.503 e. The van der Waals surface area contributed by atoms with Gasteiger partial charge in [-0.1, -0.05) is 43.9 Å². The Kier molecular flexibility index (Phi) is 6.79. The van der Waals surface area contributed by atoms with Gasteiger partial charge in [-0.15, -0.1) is 0 Å². The third-order valence-corrected chi connectivity index (χ3v) is 4.81. The maximum atomic E-state index is 12.7. The van der Waals surface area contributed by atoms with Crippen molar-refractivity contribution in [2.75, 3.05) is 0 Å². The number of ketones is 1. The Morgan fingerprint density at radius 1 is 1.00 bits per heavy atom. The highest BCUT2D eigenvalue weighted by Gasteiger charge is 2.34. The predicted molar refractivity (Wildman–Crippen MR) is 91.2 cm³/mol. The smallest absolute Gasteiger partial charge is 0.450 e. The molecule has 128 valence electrons. The molecular weight excluding hydrogens is 292 g/mol. The quantitative estimate of drug-likeness (QED) is 0.829. The lowest BCUT2D eigenvalue weighted by atomic mass is 9.71. The van der Waals surface area contributed by atoms with Crippen molar-refractivity contribution in [3.8, 4) is 0 Å². The standard InChI is InChI=1S/C18H26O.CH2O3/c1-13-10-14(2)16(15(3)11-13)12-17(19)18(4)8-6-5-7-9-18;2-1(3)4/h10-11H,5-9,12H2,1-4H3;(H2,2,3,4). The van der Waals surface area contributed by atoms with E-state index in [1.165, 1.54) is 41.5 Å². The summed E-state index contributed by atoms with van der Waals surface area (Å²) in [6, 6.07) is 4.39. The Morgan fingerprint density at radius 2 is 1.43 bits per heavy atom. The lowest BCUT2D eigenvalue weighted by Crippen LogP contribution is -2.31. The second-order valence-electron chi connectivity index (χ2n) is 6.88. The van der Waals surface area contributed by atoms with E-state index in [9.17, 15) is 4.79 Å². The van der Waals surface area contributed by atoms with Gasteiger partial charge in [0.1, 0.15) is 5.78 Å². The van der Waals surface area contributed by atoms with Gasteiger partial charge in [-0.2, -0.15) is 0 Å². The van der Waals surface area contributed by atoms with Gasteiger partial charge in [-0.05, 0) is 50.3 Å². The molecule has 0 atom stereocenters. The Balaban J connectivity index is 0.000000593. The van der Waals surface area contributed by atoms with Gasteiger partial charge in [0.2, 0.25) is 0 Å². The monoisotopic (exact) mass is 320 g/mol. The number of carboxylic acid groups (broad SMARTS) is 2. The van der Waals surface area contributed by atoms with Crippen LogP contribution >= 0.6 is 0 Å². The molecule has 0 aliphatic heterocycles. The zero-order valence-corrected chi connectivity index (χ0v) is 14.6. The van der Waals surface area contributed by atoms with Crippen LogP contribution in [0.4, 0.5) is 4.79 Å². The lowest BCUT2D eigenvalue weighted by molar-refractivity contribution is -0.128. The summed E-state index contributed by atoms with van der Waals surface area (Å²) in [4.78, 5) is 21.2. The maximum absolute atomic E-state index is 12.7. The molecule has 2 rings (SSSR count). The minimum Gasteiger partial charge on any atom is -0.450 e. The number of rotatable bonds is 3. The maximum Gasteiger partial charge on any atom is 0.503 e. The van der Waals surface area contributed by atoms with Gasteiger partial charge in [0, 0.05) is 11.8 Å². The molecule has 1 aromatic rings. The zero-order chi connectivity index (χ0) is 17.6. The van der Waals surface area contributed by atoms with Crippen molar-refractivity contribution in [1.82, 2.24) is 0 Å². The minimum atomic E-state index is -1.83. The van der Waals surface area contributed by atoms with Crippen LogP contribution in [0, 0.1) is 26.2 Å². The van der Waals surface area contributed by atoms with Crippen molar-refractivity contribution >= 4 is 11.9 Å². The summed E-state index contributed by atoms with van der Waals surface area (Å²) in [6.45, 7) is 8.55. The third-order valence-electron chi connectivity index (χ3n) is 4.81. The molecule has 0 saturated heterocycles. The first-order valence-corrected chi connectivity index (χ1v) is 8.17. The number of aryl methyl sites for hydroxylation is 3. The molecule has 0 heterocycles. The molecule has 1 aliphatic rings. The Morgan fingerprint density at radius 3 is 1.87 bits per heavy atom. The molecule has 1 aromatic carbocycles. The third kappa shape index (κ3) is 5.70. The SMILES string of the molecule is Cc1cc(C)c(CC(=O)C2(C)CCCCC2)c(C)c1.O=C(O)O. The number of hydrogen-bond donors (Lipinski definition) is 2. The molecule has 1 aliphatic carbocycles. The van der Waals surface area contributed by atoms with Crippen molar-refractivity contribution in [3.05, 3.63) is 34.4 Å². The number of benzene rings is 1. The van der Waals surface area contributed by atoms with Gasteiger partial charge >= 0.3 is 6.16 Å². The van der Waals surface area contributed by atoms with E-state index in [1.54, 1.807) is 0 Å². The van der Waals surface area contributed by atoms with Crippen LogP contribution in [0.3, 0.4) is 0 Å². The fraction of sp³-hybridized carbons (Fsp3) is 0.579.